The number of anilines is 1. The normalized spacial score (nSPS) is 14.1. The Balaban J connectivity index is 1.47. The zero-order chi connectivity index (χ0) is 20.2. The van der Waals surface area contributed by atoms with Gasteiger partial charge in [0.25, 0.3) is 5.56 Å². The molecule has 148 valence electrons. The van der Waals surface area contributed by atoms with Gasteiger partial charge in [0.1, 0.15) is 0 Å². The molecule has 0 saturated carbocycles. The third-order valence-electron chi connectivity index (χ3n) is 4.76. The van der Waals surface area contributed by atoms with Crippen molar-refractivity contribution in [2.24, 2.45) is 5.10 Å². The van der Waals surface area contributed by atoms with Crippen molar-refractivity contribution in [2.75, 3.05) is 12.0 Å². The molecule has 0 saturated heterocycles. The molecular formula is C21H19Cl2N5O. The summed E-state index contributed by atoms with van der Waals surface area (Å²) >= 11 is 12.2. The van der Waals surface area contributed by atoms with E-state index in [-0.39, 0.29) is 5.56 Å². The van der Waals surface area contributed by atoms with Crippen LogP contribution in [0.1, 0.15) is 22.4 Å². The summed E-state index contributed by atoms with van der Waals surface area (Å²) in [5.74, 6) is 0.296. The fourth-order valence-electron chi connectivity index (χ4n) is 3.30. The zero-order valence-electron chi connectivity index (χ0n) is 15.5. The van der Waals surface area contributed by atoms with E-state index in [1.165, 1.54) is 11.8 Å². The predicted octanol–water partition coefficient (Wildman–Crippen LogP) is 4.08. The van der Waals surface area contributed by atoms with Gasteiger partial charge < -0.3 is 0 Å². The molecular weight excluding hydrogens is 409 g/mol. The third kappa shape index (κ3) is 4.67. The Hall–Kier alpha value is -2.67. The lowest BCUT2D eigenvalue weighted by Gasteiger charge is -2.27. The quantitative estimate of drug-likeness (QED) is 0.475. The molecule has 1 aliphatic rings. The predicted molar refractivity (Wildman–Crippen MR) is 117 cm³/mol. The van der Waals surface area contributed by atoms with E-state index in [0.717, 1.165) is 18.8 Å². The first-order chi connectivity index (χ1) is 14.1. The molecule has 0 atom stereocenters. The van der Waals surface area contributed by atoms with Gasteiger partial charge in [0, 0.05) is 31.6 Å². The molecule has 6 nitrogen and oxygen atoms in total. The van der Waals surface area contributed by atoms with Crippen molar-refractivity contribution in [3.63, 3.8) is 0 Å². The van der Waals surface area contributed by atoms with Crippen LogP contribution in [0, 0.1) is 0 Å². The van der Waals surface area contributed by atoms with Gasteiger partial charge in [-0.15, -0.1) is 0 Å². The van der Waals surface area contributed by atoms with Gasteiger partial charge in [0.2, 0.25) is 5.95 Å². The molecule has 0 radical (unpaired) electrons. The van der Waals surface area contributed by atoms with E-state index in [1.54, 1.807) is 18.2 Å². The van der Waals surface area contributed by atoms with Gasteiger partial charge in [-0.3, -0.25) is 14.7 Å². The van der Waals surface area contributed by atoms with Gasteiger partial charge in [-0.25, -0.2) is 10.4 Å². The van der Waals surface area contributed by atoms with Crippen LogP contribution >= 0.6 is 23.2 Å². The fourth-order valence-corrected chi connectivity index (χ4v) is 3.80. The van der Waals surface area contributed by atoms with Gasteiger partial charge in [0.15, 0.2) is 0 Å². The molecule has 2 N–H and O–H groups in total. The summed E-state index contributed by atoms with van der Waals surface area (Å²) < 4.78 is 0. The molecule has 4 rings (SSSR count). The standard InChI is InChI=1S/C21H19Cl2N5O/c22-17-7-4-8-18(23)15(17)11-24-27-21-25-19-9-10-28(13-16(19)20(29)26-21)12-14-5-2-1-3-6-14/h1-8,11H,9-10,12-13H2,(H2,25,26,27,29)/b24-11-. The number of H-pyrrole nitrogens is 1. The molecule has 0 aliphatic carbocycles. The SMILES string of the molecule is O=c1[nH]c(N/N=C\c2c(Cl)cccc2Cl)nc2c1CN(Cc1ccccc1)CC2. The van der Waals surface area contributed by atoms with Gasteiger partial charge >= 0.3 is 0 Å². The average molecular weight is 428 g/mol. The van der Waals surface area contributed by atoms with Crippen molar-refractivity contribution in [1.82, 2.24) is 14.9 Å². The van der Waals surface area contributed by atoms with Crippen molar-refractivity contribution >= 4 is 35.4 Å². The van der Waals surface area contributed by atoms with Gasteiger partial charge in [-0.05, 0) is 17.7 Å². The number of nitrogens with zero attached hydrogens (tertiary/aromatic N) is 3. The van der Waals surface area contributed by atoms with Crippen LogP contribution in [0.2, 0.25) is 10.0 Å². The Morgan fingerprint density at radius 1 is 1.14 bits per heavy atom. The van der Waals surface area contributed by atoms with Crippen molar-refractivity contribution < 1.29 is 0 Å². The highest BCUT2D eigenvalue weighted by atomic mass is 35.5. The van der Waals surface area contributed by atoms with Crippen LogP contribution in [0.15, 0.2) is 58.4 Å². The van der Waals surface area contributed by atoms with Crippen LogP contribution in [0.3, 0.4) is 0 Å². The summed E-state index contributed by atoms with van der Waals surface area (Å²) in [6, 6.07) is 15.5. The summed E-state index contributed by atoms with van der Waals surface area (Å²) in [5.41, 5.74) is 5.94. The zero-order valence-corrected chi connectivity index (χ0v) is 17.0. The second-order valence-corrected chi connectivity index (χ2v) is 7.61. The minimum absolute atomic E-state index is 0.152. The highest BCUT2D eigenvalue weighted by Crippen LogP contribution is 2.22. The monoisotopic (exact) mass is 427 g/mol. The van der Waals surface area contributed by atoms with Crippen molar-refractivity contribution in [3.8, 4) is 0 Å². The Bertz CT molecular complexity index is 1080. The molecule has 2 heterocycles. The first kappa shape index (κ1) is 19.6. The molecule has 0 unspecified atom stereocenters. The van der Waals surface area contributed by atoms with E-state index in [9.17, 15) is 4.79 Å². The van der Waals surface area contributed by atoms with Crippen molar-refractivity contribution in [3.05, 3.63) is 91.3 Å². The molecule has 0 fully saturated rings. The minimum atomic E-state index is -0.152. The van der Waals surface area contributed by atoms with E-state index in [2.05, 4.69) is 37.5 Å². The molecule has 0 spiro atoms. The van der Waals surface area contributed by atoms with Crippen LogP contribution in [-0.4, -0.2) is 27.6 Å². The maximum absolute atomic E-state index is 12.6. The summed E-state index contributed by atoms with van der Waals surface area (Å²) in [6.07, 6.45) is 2.21. The highest BCUT2D eigenvalue weighted by molar-refractivity contribution is 6.38. The number of nitrogens with one attached hydrogen (secondary N) is 2. The smallest absolute Gasteiger partial charge is 0.257 e. The third-order valence-corrected chi connectivity index (χ3v) is 5.42. The number of benzene rings is 2. The number of aromatic nitrogens is 2. The number of hydrogen-bond acceptors (Lipinski definition) is 5. The summed E-state index contributed by atoms with van der Waals surface area (Å²) in [4.78, 5) is 22.1. The van der Waals surface area contributed by atoms with Crippen LogP contribution in [0.25, 0.3) is 0 Å². The molecule has 29 heavy (non-hydrogen) atoms. The van der Waals surface area contributed by atoms with Crippen LogP contribution in [0.4, 0.5) is 5.95 Å². The van der Waals surface area contributed by atoms with Crippen LogP contribution < -0.4 is 11.0 Å². The highest BCUT2D eigenvalue weighted by Gasteiger charge is 2.21. The maximum Gasteiger partial charge on any atom is 0.257 e. The van der Waals surface area contributed by atoms with E-state index in [4.69, 9.17) is 23.2 Å². The largest absolute Gasteiger partial charge is 0.294 e. The lowest BCUT2D eigenvalue weighted by molar-refractivity contribution is 0.242. The van der Waals surface area contributed by atoms with E-state index in [1.807, 2.05) is 18.2 Å². The van der Waals surface area contributed by atoms with Gasteiger partial charge in [-0.1, -0.05) is 59.6 Å². The van der Waals surface area contributed by atoms with Crippen LogP contribution in [0.5, 0.6) is 0 Å². The summed E-state index contributed by atoms with van der Waals surface area (Å²) in [7, 11) is 0. The molecule has 8 heteroatoms. The molecule has 1 aliphatic heterocycles. The van der Waals surface area contributed by atoms with Crippen molar-refractivity contribution in [2.45, 2.75) is 19.5 Å². The number of aromatic amines is 1. The molecule has 0 amide bonds. The van der Waals surface area contributed by atoms with E-state index in [0.29, 0.717) is 40.1 Å². The molecule has 0 bridgehead atoms. The summed E-state index contributed by atoms with van der Waals surface area (Å²) in [6.45, 7) is 2.23. The first-order valence-corrected chi connectivity index (χ1v) is 9.97. The Kier molecular flexibility index (Phi) is 5.94. The Labute approximate surface area is 178 Å². The number of hydrazone groups is 1. The lowest BCUT2D eigenvalue weighted by Crippen LogP contribution is -2.35. The van der Waals surface area contributed by atoms with E-state index >= 15 is 0 Å². The number of fused-ring (bicyclic) bond motifs is 1. The number of halogens is 2. The van der Waals surface area contributed by atoms with E-state index < -0.39 is 0 Å². The molecule has 2 aromatic carbocycles. The lowest BCUT2D eigenvalue weighted by atomic mass is 10.1. The maximum atomic E-state index is 12.6. The first-order valence-electron chi connectivity index (χ1n) is 9.21. The Morgan fingerprint density at radius 2 is 1.90 bits per heavy atom. The van der Waals surface area contributed by atoms with Gasteiger partial charge in [-0.2, -0.15) is 5.10 Å². The van der Waals surface area contributed by atoms with Gasteiger partial charge in [0.05, 0.1) is 27.5 Å². The molecule has 3 aromatic rings. The number of hydrogen-bond donors (Lipinski definition) is 2. The average Bonchev–Trinajstić information content (AvgIpc) is 2.71. The summed E-state index contributed by atoms with van der Waals surface area (Å²) in [5, 5.41) is 5.10. The fraction of sp³-hybridized carbons (Fsp3) is 0.190. The van der Waals surface area contributed by atoms with Crippen molar-refractivity contribution in [1.29, 1.82) is 0 Å². The second-order valence-electron chi connectivity index (χ2n) is 6.79. The van der Waals surface area contributed by atoms with Crippen LogP contribution in [-0.2, 0) is 19.5 Å². The molecule has 1 aromatic heterocycles. The Morgan fingerprint density at radius 3 is 2.66 bits per heavy atom. The number of rotatable bonds is 5. The minimum Gasteiger partial charge on any atom is -0.294 e. The second kappa shape index (κ2) is 8.78. The topological polar surface area (TPSA) is 73.4 Å².